The number of amides is 1. The number of aliphatic carboxylic acids is 1. The molecular weight excluding hydrogens is 250 g/mol. The Balaban J connectivity index is 2.18. The van der Waals surface area contributed by atoms with Crippen LogP contribution in [0.4, 0.5) is 0 Å². The first-order chi connectivity index (χ1) is 9.13. The average molecular weight is 265 g/mol. The minimum atomic E-state index is -0.977. The van der Waals surface area contributed by atoms with E-state index in [-0.39, 0.29) is 5.69 Å². The molecule has 0 aliphatic carbocycles. The summed E-state index contributed by atoms with van der Waals surface area (Å²) in [6.07, 6.45) is 2.10. The van der Waals surface area contributed by atoms with Crippen molar-refractivity contribution in [1.82, 2.24) is 15.1 Å². The van der Waals surface area contributed by atoms with Crippen LogP contribution in [-0.2, 0) is 4.79 Å². The Morgan fingerprint density at radius 1 is 1.37 bits per heavy atom. The lowest BCUT2D eigenvalue weighted by Crippen LogP contribution is -2.48. The fourth-order valence-corrected chi connectivity index (χ4v) is 2.12. The Morgan fingerprint density at radius 3 is 2.74 bits per heavy atom. The first-order valence-electron chi connectivity index (χ1n) is 6.05. The SMILES string of the molecule is COc1ccc(C(=O)N2CCCCC2C(=O)O)nn1. The fourth-order valence-electron chi connectivity index (χ4n) is 2.12. The molecule has 102 valence electrons. The predicted molar refractivity (Wildman–Crippen MR) is 64.9 cm³/mol. The molecule has 7 nitrogen and oxygen atoms in total. The zero-order valence-electron chi connectivity index (χ0n) is 10.6. The lowest BCUT2D eigenvalue weighted by Gasteiger charge is -2.32. The van der Waals surface area contributed by atoms with Gasteiger partial charge < -0.3 is 14.7 Å². The number of methoxy groups -OCH3 is 1. The van der Waals surface area contributed by atoms with E-state index >= 15 is 0 Å². The Labute approximate surface area is 110 Å². The highest BCUT2D eigenvalue weighted by molar-refractivity contribution is 5.95. The summed E-state index contributed by atoms with van der Waals surface area (Å²) >= 11 is 0. The largest absolute Gasteiger partial charge is 0.480 e. The molecule has 0 aromatic carbocycles. The highest BCUT2D eigenvalue weighted by Gasteiger charge is 2.33. The van der Waals surface area contributed by atoms with Crippen molar-refractivity contribution in [3.8, 4) is 5.88 Å². The van der Waals surface area contributed by atoms with Gasteiger partial charge in [-0.2, -0.15) is 0 Å². The van der Waals surface area contributed by atoms with Gasteiger partial charge in [0.15, 0.2) is 5.69 Å². The van der Waals surface area contributed by atoms with Gasteiger partial charge in [0.05, 0.1) is 7.11 Å². The van der Waals surface area contributed by atoms with Gasteiger partial charge in [-0.25, -0.2) is 4.79 Å². The zero-order chi connectivity index (χ0) is 13.8. The van der Waals surface area contributed by atoms with E-state index in [1.165, 1.54) is 24.1 Å². The first kappa shape index (κ1) is 13.3. The molecule has 1 atom stereocenters. The molecule has 1 aliphatic heterocycles. The van der Waals surface area contributed by atoms with Gasteiger partial charge in [0, 0.05) is 12.6 Å². The van der Waals surface area contributed by atoms with E-state index in [4.69, 9.17) is 9.84 Å². The highest BCUT2D eigenvalue weighted by Crippen LogP contribution is 2.19. The maximum absolute atomic E-state index is 12.2. The Bertz CT molecular complexity index is 474. The second-order valence-corrected chi connectivity index (χ2v) is 4.31. The number of carbonyl (C=O) groups is 2. The van der Waals surface area contributed by atoms with Crippen molar-refractivity contribution in [3.63, 3.8) is 0 Å². The van der Waals surface area contributed by atoms with Crippen LogP contribution in [0.25, 0.3) is 0 Å². The molecule has 1 aliphatic rings. The van der Waals surface area contributed by atoms with Crippen molar-refractivity contribution in [2.24, 2.45) is 0 Å². The number of likely N-dealkylation sites (tertiary alicyclic amines) is 1. The standard InChI is InChI=1S/C12H15N3O4/c1-19-10-6-5-8(13-14-10)11(16)15-7-3-2-4-9(15)12(17)18/h5-6,9H,2-4,7H2,1H3,(H,17,18). The van der Waals surface area contributed by atoms with Gasteiger partial charge >= 0.3 is 5.97 Å². The van der Waals surface area contributed by atoms with Crippen LogP contribution in [0, 0.1) is 0 Å². The van der Waals surface area contributed by atoms with E-state index in [2.05, 4.69) is 10.2 Å². The summed E-state index contributed by atoms with van der Waals surface area (Å²) in [6.45, 7) is 0.434. The minimum Gasteiger partial charge on any atom is -0.480 e. The number of carbonyl (C=O) groups excluding carboxylic acids is 1. The number of carboxylic acid groups (broad SMARTS) is 1. The number of rotatable bonds is 3. The highest BCUT2D eigenvalue weighted by atomic mass is 16.5. The van der Waals surface area contributed by atoms with E-state index in [0.29, 0.717) is 18.8 Å². The normalized spacial score (nSPS) is 19.0. The number of aromatic nitrogens is 2. The van der Waals surface area contributed by atoms with Crippen LogP contribution in [0.3, 0.4) is 0 Å². The van der Waals surface area contributed by atoms with E-state index in [0.717, 1.165) is 12.8 Å². The minimum absolute atomic E-state index is 0.133. The summed E-state index contributed by atoms with van der Waals surface area (Å²) < 4.78 is 4.86. The van der Waals surface area contributed by atoms with E-state index in [1.807, 2.05) is 0 Å². The van der Waals surface area contributed by atoms with Crippen LogP contribution in [0.5, 0.6) is 5.88 Å². The van der Waals surface area contributed by atoms with E-state index in [9.17, 15) is 9.59 Å². The molecular formula is C12H15N3O4. The van der Waals surface area contributed by atoms with Crippen LogP contribution in [-0.4, -0.2) is 51.8 Å². The molecule has 1 aromatic heterocycles. The summed E-state index contributed by atoms with van der Waals surface area (Å²) in [5.41, 5.74) is 0.133. The Kier molecular flexibility index (Phi) is 3.94. The number of ether oxygens (including phenoxy) is 1. The quantitative estimate of drug-likeness (QED) is 0.858. The van der Waals surface area contributed by atoms with Gasteiger partial charge in [-0.3, -0.25) is 4.79 Å². The molecule has 7 heteroatoms. The van der Waals surface area contributed by atoms with Gasteiger partial charge in [0.1, 0.15) is 6.04 Å². The molecule has 0 radical (unpaired) electrons. The lowest BCUT2D eigenvalue weighted by atomic mass is 10.0. The maximum atomic E-state index is 12.2. The summed E-state index contributed by atoms with van der Waals surface area (Å²) in [6, 6.07) is 2.24. The predicted octanol–water partition coefficient (Wildman–Crippen LogP) is 0.565. The molecule has 1 fully saturated rings. The van der Waals surface area contributed by atoms with Crippen LogP contribution >= 0.6 is 0 Å². The lowest BCUT2D eigenvalue weighted by molar-refractivity contribution is -0.143. The number of hydrogen-bond acceptors (Lipinski definition) is 5. The summed E-state index contributed by atoms with van der Waals surface area (Å²) in [7, 11) is 1.45. The van der Waals surface area contributed by atoms with Crippen molar-refractivity contribution in [2.45, 2.75) is 25.3 Å². The van der Waals surface area contributed by atoms with Gasteiger partial charge in [-0.05, 0) is 25.3 Å². The molecule has 1 saturated heterocycles. The molecule has 1 aromatic rings. The van der Waals surface area contributed by atoms with Crippen molar-refractivity contribution < 1.29 is 19.4 Å². The van der Waals surface area contributed by atoms with Gasteiger partial charge in [-0.1, -0.05) is 0 Å². The smallest absolute Gasteiger partial charge is 0.326 e. The van der Waals surface area contributed by atoms with E-state index in [1.54, 1.807) is 0 Å². The topological polar surface area (TPSA) is 92.6 Å². The maximum Gasteiger partial charge on any atom is 0.326 e. The second kappa shape index (κ2) is 5.64. The molecule has 1 unspecified atom stereocenters. The Morgan fingerprint density at radius 2 is 2.16 bits per heavy atom. The molecule has 1 N–H and O–H groups in total. The third kappa shape index (κ3) is 2.81. The van der Waals surface area contributed by atoms with Crippen molar-refractivity contribution >= 4 is 11.9 Å². The molecule has 0 saturated carbocycles. The number of hydrogen-bond donors (Lipinski definition) is 1. The molecule has 2 heterocycles. The van der Waals surface area contributed by atoms with Crippen LogP contribution in [0.15, 0.2) is 12.1 Å². The monoisotopic (exact) mass is 265 g/mol. The van der Waals surface area contributed by atoms with Crippen molar-refractivity contribution in [3.05, 3.63) is 17.8 Å². The molecule has 2 rings (SSSR count). The van der Waals surface area contributed by atoms with Gasteiger partial charge in [0.2, 0.25) is 5.88 Å². The van der Waals surface area contributed by atoms with Crippen molar-refractivity contribution in [2.75, 3.05) is 13.7 Å². The first-order valence-corrected chi connectivity index (χ1v) is 6.05. The number of nitrogens with zero attached hydrogens (tertiary/aromatic N) is 3. The zero-order valence-corrected chi connectivity index (χ0v) is 10.6. The van der Waals surface area contributed by atoms with Crippen LogP contribution in [0.1, 0.15) is 29.8 Å². The summed E-state index contributed by atoms with van der Waals surface area (Å²) in [4.78, 5) is 24.7. The van der Waals surface area contributed by atoms with Crippen LogP contribution < -0.4 is 4.74 Å². The summed E-state index contributed by atoms with van der Waals surface area (Å²) in [5.74, 6) is -1.07. The molecule has 0 spiro atoms. The molecule has 19 heavy (non-hydrogen) atoms. The molecule has 0 bridgehead atoms. The van der Waals surface area contributed by atoms with Crippen LogP contribution in [0.2, 0.25) is 0 Å². The Hall–Kier alpha value is -2.18. The van der Waals surface area contributed by atoms with E-state index < -0.39 is 17.9 Å². The third-order valence-corrected chi connectivity index (χ3v) is 3.12. The van der Waals surface area contributed by atoms with Crippen molar-refractivity contribution in [1.29, 1.82) is 0 Å². The number of carboxylic acids is 1. The summed E-state index contributed by atoms with van der Waals surface area (Å²) in [5, 5.41) is 16.6. The van der Waals surface area contributed by atoms with Gasteiger partial charge in [0.25, 0.3) is 5.91 Å². The average Bonchev–Trinajstić information content (AvgIpc) is 2.46. The molecule has 1 amide bonds. The number of piperidine rings is 1. The van der Waals surface area contributed by atoms with Gasteiger partial charge in [-0.15, -0.1) is 10.2 Å². The fraction of sp³-hybridized carbons (Fsp3) is 0.500. The second-order valence-electron chi connectivity index (χ2n) is 4.31. The third-order valence-electron chi connectivity index (χ3n) is 3.12.